The first-order valence-electron chi connectivity index (χ1n) is 7.98. The zero-order chi connectivity index (χ0) is 19.4. The molecule has 0 bridgehead atoms. The van der Waals surface area contributed by atoms with Crippen molar-refractivity contribution in [3.63, 3.8) is 0 Å². The number of methoxy groups -OCH3 is 1. The zero-order valence-electron chi connectivity index (χ0n) is 14.6. The van der Waals surface area contributed by atoms with Crippen LogP contribution in [0.3, 0.4) is 0 Å². The molecule has 3 aromatic rings. The molecule has 0 aliphatic rings. The van der Waals surface area contributed by atoms with Crippen LogP contribution in [-0.4, -0.2) is 23.2 Å². The third-order valence-electron chi connectivity index (χ3n) is 3.69. The summed E-state index contributed by atoms with van der Waals surface area (Å²) in [6.45, 7) is 1.94. The van der Waals surface area contributed by atoms with Crippen molar-refractivity contribution in [3.8, 4) is 5.75 Å². The number of anilines is 3. The molecule has 1 heterocycles. The van der Waals surface area contributed by atoms with Crippen LogP contribution >= 0.6 is 0 Å². The topological polar surface area (TPSA) is 76.1 Å². The Morgan fingerprint density at radius 1 is 1.00 bits per heavy atom. The Balaban J connectivity index is 1.73. The van der Waals surface area contributed by atoms with Crippen LogP contribution in [0, 0.1) is 18.6 Å². The van der Waals surface area contributed by atoms with Gasteiger partial charge in [0.25, 0.3) is 5.91 Å². The van der Waals surface area contributed by atoms with Crippen LogP contribution in [-0.2, 0) is 0 Å². The minimum absolute atomic E-state index is 0.0134. The van der Waals surface area contributed by atoms with Crippen LogP contribution in [0.4, 0.5) is 26.0 Å². The van der Waals surface area contributed by atoms with Crippen LogP contribution in [0.25, 0.3) is 0 Å². The predicted molar refractivity (Wildman–Crippen MR) is 97.4 cm³/mol. The van der Waals surface area contributed by atoms with Gasteiger partial charge in [-0.3, -0.25) is 4.79 Å². The van der Waals surface area contributed by atoms with E-state index in [1.54, 1.807) is 13.2 Å². The number of aromatic nitrogens is 2. The van der Waals surface area contributed by atoms with Crippen molar-refractivity contribution in [1.29, 1.82) is 0 Å². The third kappa shape index (κ3) is 4.35. The molecule has 138 valence electrons. The summed E-state index contributed by atoms with van der Waals surface area (Å²) in [5.74, 6) is -1.22. The summed E-state index contributed by atoms with van der Waals surface area (Å²) in [7, 11) is 1.56. The summed E-state index contributed by atoms with van der Waals surface area (Å²) in [6, 6.07) is 11.5. The van der Waals surface area contributed by atoms with Crippen molar-refractivity contribution in [1.82, 2.24) is 10.2 Å². The van der Waals surface area contributed by atoms with Gasteiger partial charge in [-0.25, -0.2) is 8.78 Å². The highest BCUT2D eigenvalue weighted by Gasteiger charge is 2.12. The van der Waals surface area contributed by atoms with E-state index in [9.17, 15) is 13.6 Å². The zero-order valence-corrected chi connectivity index (χ0v) is 14.6. The molecule has 0 unspecified atom stereocenters. The molecule has 0 aliphatic heterocycles. The number of hydrogen-bond donors (Lipinski definition) is 2. The largest absolute Gasteiger partial charge is 0.495 e. The molecule has 1 amide bonds. The summed E-state index contributed by atoms with van der Waals surface area (Å²) in [4.78, 5) is 12.2. The van der Waals surface area contributed by atoms with Crippen molar-refractivity contribution in [3.05, 3.63) is 71.4 Å². The summed E-state index contributed by atoms with van der Waals surface area (Å²) >= 11 is 0. The average Bonchev–Trinajstić information content (AvgIpc) is 2.65. The number of aryl methyl sites for hydroxylation is 1. The van der Waals surface area contributed by atoms with E-state index < -0.39 is 17.5 Å². The van der Waals surface area contributed by atoms with E-state index in [0.29, 0.717) is 23.3 Å². The van der Waals surface area contributed by atoms with Crippen LogP contribution in [0.1, 0.15) is 16.1 Å². The van der Waals surface area contributed by atoms with Gasteiger partial charge in [-0.15, -0.1) is 10.2 Å². The van der Waals surface area contributed by atoms with Crippen LogP contribution in [0.2, 0.25) is 0 Å². The summed E-state index contributed by atoms with van der Waals surface area (Å²) < 4.78 is 31.8. The quantitative estimate of drug-likeness (QED) is 0.708. The van der Waals surface area contributed by atoms with Crippen molar-refractivity contribution < 1.29 is 18.3 Å². The average molecular weight is 370 g/mol. The molecule has 0 radical (unpaired) electrons. The summed E-state index contributed by atoms with van der Waals surface area (Å²) in [6.07, 6.45) is 0. The molecule has 8 heteroatoms. The molecule has 0 aliphatic carbocycles. The molecule has 0 saturated heterocycles. The number of nitrogens with zero attached hydrogens (tertiary/aromatic N) is 2. The molecule has 1 aromatic heterocycles. The van der Waals surface area contributed by atoms with Crippen molar-refractivity contribution in [2.45, 2.75) is 6.92 Å². The first-order valence-corrected chi connectivity index (χ1v) is 7.98. The van der Waals surface area contributed by atoms with Crippen molar-refractivity contribution in [2.24, 2.45) is 0 Å². The van der Waals surface area contributed by atoms with E-state index >= 15 is 0 Å². The standard InChI is InChI=1S/C19H16F2N4O2/c1-11-3-7-17(27-2)16(9-11)22-18-8-6-15(24-25-18)19(26)23-14-5-4-12(20)10-13(14)21/h3-10H,1-2H3,(H,22,25)(H,23,26). The Hall–Kier alpha value is -3.55. The lowest BCUT2D eigenvalue weighted by atomic mass is 10.2. The first-order chi connectivity index (χ1) is 13.0. The normalized spacial score (nSPS) is 10.4. The van der Waals surface area contributed by atoms with Gasteiger partial charge >= 0.3 is 0 Å². The second-order valence-corrected chi connectivity index (χ2v) is 5.71. The van der Waals surface area contributed by atoms with E-state index in [-0.39, 0.29) is 11.4 Å². The molecule has 0 atom stereocenters. The minimum Gasteiger partial charge on any atom is -0.495 e. The lowest BCUT2D eigenvalue weighted by Crippen LogP contribution is -2.15. The Bertz CT molecular complexity index is 978. The fourth-order valence-electron chi connectivity index (χ4n) is 2.35. The second kappa shape index (κ2) is 7.77. The number of halogens is 2. The Morgan fingerprint density at radius 3 is 2.48 bits per heavy atom. The molecule has 0 saturated carbocycles. The van der Waals surface area contributed by atoms with Gasteiger partial charge in [0.15, 0.2) is 11.5 Å². The highest BCUT2D eigenvalue weighted by atomic mass is 19.1. The fraction of sp³-hybridized carbons (Fsp3) is 0.105. The number of nitrogens with one attached hydrogen (secondary N) is 2. The SMILES string of the molecule is COc1ccc(C)cc1Nc1ccc(C(=O)Nc2ccc(F)cc2F)nn1. The Morgan fingerprint density at radius 2 is 1.81 bits per heavy atom. The Kier molecular flexibility index (Phi) is 5.25. The molecule has 2 aromatic carbocycles. The van der Waals surface area contributed by atoms with Gasteiger partial charge in [0.1, 0.15) is 17.4 Å². The maximum absolute atomic E-state index is 13.6. The number of hydrogen-bond acceptors (Lipinski definition) is 5. The van der Waals surface area contributed by atoms with Gasteiger partial charge in [0.2, 0.25) is 0 Å². The number of benzene rings is 2. The van der Waals surface area contributed by atoms with E-state index in [1.807, 2.05) is 25.1 Å². The van der Waals surface area contributed by atoms with Crippen LogP contribution in [0.15, 0.2) is 48.5 Å². The maximum atomic E-state index is 13.6. The van der Waals surface area contributed by atoms with Crippen molar-refractivity contribution in [2.75, 3.05) is 17.7 Å². The summed E-state index contributed by atoms with van der Waals surface area (Å²) in [5.41, 5.74) is 1.58. The van der Waals surface area contributed by atoms with E-state index in [4.69, 9.17) is 4.74 Å². The van der Waals surface area contributed by atoms with E-state index in [0.717, 1.165) is 17.7 Å². The predicted octanol–water partition coefficient (Wildman–Crippen LogP) is 4.07. The van der Waals surface area contributed by atoms with E-state index in [1.165, 1.54) is 6.07 Å². The van der Waals surface area contributed by atoms with Gasteiger partial charge < -0.3 is 15.4 Å². The smallest absolute Gasteiger partial charge is 0.276 e. The van der Waals surface area contributed by atoms with Gasteiger partial charge in [-0.1, -0.05) is 6.07 Å². The second-order valence-electron chi connectivity index (χ2n) is 5.71. The summed E-state index contributed by atoms with van der Waals surface area (Å²) in [5, 5.41) is 13.2. The monoisotopic (exact) mass is 370 g/mol. The highest BCUT2D eigenvalue weighted by molar-refractivity contribution is 6.02. The number of amides is 1. The van der Waals surface area contributed by atoms with Gasteiger partial charge in [-0.05, 0) is 48.9 Å². The number of ether oxygens (including phenoxy) is 1. The lowest BCUT2D eigenvalue weighted by molar-refractivity contribution is 0.102. The van der Waals surface area contributed by atoms with Crippen molar-refractivity contribution >= 4 is 23.1 Å². The van der Waals surface area contributed by atoms with E-state index in [2.05, 4.69) is 20.8 Å². The lowest BCUT2D eigenvalue weighted by Gasteiger charge is -2.11. The van der Waals surface area contributed by atoms with Crippen LogP contribution < -0.4 is 15.4 Å². The molecular weight excluding hydrogens is 354 g/mol. The maximum Gasteiger partial charge on any atom is 0.276 e. The molecule has 0 spiro atoms. The molecule has 6 nitrogen and oxygen atoms in total. The van der Waals surface area contributed by atoms with Gasteiger partial charge in [0, 0.05) is 6.07 Å². The molecule has 27 heavy (non-hydrogen) atoms. The minimum atomic E-state index is -0.874. The van der Waals surface area contributed by atoms with Gasteiger partial charge in [-0.2, -0.15) is 0 Å². The number of rotatable bonds is 5. The first kappa shape index (κ1) is 18.2. The number of carbonyl (C=O) groups is 1. The Labute approximate surface area is 154 Å². The van der Waals surface area contributed by atoms with Crippen LogP contribution in [0.5, 0.6) is 5.75 Å². The molecular formula is C19H16F2N4O2. The fourth-order valence-corrected chi connectivity index (χ4v) is 2.35. The molecule has 0 fully saturated rings. The molecule has 3 rings (SSSR count). The number of carbonyl (C=O) groups excluding carboxylic acids is 1. The third-order valence-corrected chi connectivity index (χ3v) is 3.69. The molecule has 2 N–H and O–H groups in total. The van der Waals surface area contributed by atoms with Gasteiger partial charge in [0.05, 0.1) is 18.5 Å². The highest BCUT2D eigenvalue weighted by Crippen LogP contribution is 2.27.